The van der Waals surface area contributed by atoms with E-state index in [2.05, 4.69) is 15.3 Å². The lowest BCUT2D eigenvalue weighted by molar-refractivity contribution is 0.0527. The van der Waals surface area contributed by atoms with Crippen molar-refractivity contribution in [3.63, 3.8) is 0 Å². The molecule has 0 fully saturated rings. The number of anilines is 2. The Morgan fingerprint density at radius 3 is 2.95 bits per heavy atom. The Bertz CT molecular complexity index is 643. The van der Waals surface area contributed by atoms with Crippen LogP contribution in [0.1, 0.15) is 28.4 Å². The lowest BCUT2D eigenvalue weighted by atomic mass is 10.1. The van der Waals surface area contributed by atoms with Crippen LogP contribution in [0.25, 0.3) is 0 Å². The summed E-state index contributed by atoms with van der Waals surface area (Å²) in [5.74, 6) is 0.0186. The summed E-state index contributed by atoms with van der Waals surface area (Å²) in [6.07, 6.45) is 5.02. The molecule has 0 aliphatic rings. The molecule has 0 aliphatic heterocycles. The highest BCUT2D eigenvalue weighted by Gasteiger charge is 2.14. The van der Waals surface area contributed by atoms with Gasteiger partial charge in [-0.1, -0.05) is 0 Å². The maximum absolute atomic E-state index is 11.9. The molecule has 3 N–H and O–H groups in total. The molecule has 0 atom stereocenters. The van der Waals surface area contributed by atoms with Crippen LogP contribution in [0, 0.1) is 6.92 Å². The number of aromatic nitrogens is 2. The van der Waals surface area contributed by atoms with Crippen molar-refractivity contribution >= 4 is 17.5 Å². The minimum Gasteiger partial charge on any atom is -0.462 e. The molecule has 2 rings (SSSR count). The zero-order valence-electron chi connectivity index (χ0n) is 12.1. The quantitative estimate of drug-likeness (QED) is 0.819. The van der Waals surface area contributed by atoms with Gasteiger partial charge in [-0.25, -0.2) is 9.78 Å². The van der Waals surface area contributed by atoms with E-state index in [1.807, 2.05) is 13.0 Å². The Morgan fingerprint density at radius 1 is 1.43 bits per heavy atom. The van der Waals surface area contributed by atoms with Crippen molar-refractivity contribution in [2.24, 2.45) is 0 Å². The summed E-state index contributed by atoms with van der Waals surface area (Å²) < 4.78 is 5.01. The summed E-state index contributed by atoms with van der Waals surface area (Å²) in [5, 5.41) is 3.14. The van der Waals surface area contributed by atoms with Gasteiger partial charge in [-0.05, 0) is 37.1 Å². The third-order valence-corrected chi connectivity index (χ3v) is 2.99. The second-order valence-electron chi connectivity index (χ2n) is 4.54. The third-order valence-electron chi connectivity index (χ3n) is 2.99. The molecule has 2 aromatic heterocycles. The number of ether oxygens (including phenoxy) is 1. The van der Waals surface area contributed by atoms with Crippen LogP contribution in [0.15, 0.2) is 30.7 Å². The molecule has 2 aromatic rings. The number of hydrogen-bond acceptors (Lipinski definition) is 6. The molecule has 0 aromatic carbocycles. The monoisotopic (exact) mass is 286 g/mol. The first-order chi connectivity index (χ1) is 10.1. The van der Waals surface area contributed by atoms with Crippen LogP contribution in [0.2, 0.25) is 0 Å². The highest BCUT2D eigenvalue weighted by molar-refractivity contribution is 5.95. The van der Waals surface area contributed by atoms with Crippen molar-refractivity contribution in [2.45, 2.75) is 20.4 Å². The van der Waals surface area contributed by atoms with Gasteiger partial charge in [0.15, 0.2) is 0 Å². The highest BCUT2D eigenvalue weighted by Crippen LogP contribution is 2.18. The number of rotatable bonds is 5. The highest BCUT2D eigenvalue weighted by atomic mass is 16.5. The molecular formula is C15H18N4O2. The van der Waals surface area contributed by atoms with Crippen LogP contribution in [-0.2, 0) is 11.3 Å². The van der Waals surface area contributed by atoms with Gasteiger partial charge in [0.05, 0.1) is 18.5 Å². The van der Waals surface area contributed by atoms with Crippen LogP contribution < -0.4 is 11.1 Å². The average molecular weight is 286 g/mol. The molecule has 0 saturated carbocycles. The van der Waals surface area contributed by atoms with Gasteiger partial charge in [0.25, 0.3) is 0 Å². The van der Waals surface area contributed by atoms with Crippen LogP contribution >= 0.6 is 0 Å². The van der Waals surface area contributed by atoms with E-state index in [0.29, 0.717) is 30.2 Å². The maximum atomic E-state index is 11.9. The average Bonchev–Trinajstić information content (AvgIpc) is 2.47. The van der Waals surface area contributed by atoms with E-state index >= 15 is 0 Å². The number of carbonyl (C=O) groups excluding carboxylic acids is 1. The predicted octanol–water partition coefficient (Wildman–Crippen LogP) is 2.16. The topological polar surface area (TPSA) is 90.1 Å². The second-order valence-corrected chi connectivity index (χ2v) is 4.54. The van der Waals surface area contributed by atoms with Gasteiger partial charge in [0.2, 0.25) is 0 Å². The van der Waals surface area contributed by atoms with Crippen LogP contribution in [0.5, 0.6) is 0 Å². The lowest BCUT2D eigenvalue weighted by Gasteiger charge is -2.12. The first-order valence-corrected chi connectivity index (χ1v) is 6.67. The summed E-state index contributed by atoms with van der Waals surface area (Å²) in [4.78, 5) is 20.1. The Balaban J connectivity index is 2.20. The Labute approximate surface area is 123 Å². The van der Waals surface area contributed by atoms with Crippen LogP contribution in [0.3, 0.4) is 0 Å². The fraction of sp³-hybridized carbons (Fsp3) is 0.267. The molecule has 0 radical (unpaired) electrons. The zero-order chi connectivity index (χ0) is 15.2. The van der Waals surface area contributed by atoms with Crippen molar-refractivity contribution in [1.82, 2.24) is 9.97 Å². The Morgan fingerprint density at radius 2 is 2.24 bits per heavy atom. The predicted molar refractivity (Wildman–Crippen MR) is 80.9 cm³/mol. The minimum absolute atomic E-state index is 0.302. The Hall–Kier alpha value is -2.63. The van der Waals surface area contributed by atoms with E-state index in [0.717, 1.165) is 11.1 Å². The van der Waals surface area contributed by atoms with Crippen molar-refractivity contribution in [3.8, 4) is 0 Å². The molecule has 110 valence electrons. The Kier molecular flexibility index (Phi) is 4.71. The van der Waals surface area contributed by atoms with E-state index < -0.39 is 5.97 Å². The lowest BCUT2D eigenvalue weighted by Crippen LogP contribution is -2.12. The first-order valence-electron chi connectivity index (χ1n) is 6.67. The number of nitrogens with zero attached hydrogens (tertiary/aromatic N) is 2. The first kappa shape index (κ1) is 14.8. The number of nitrogen functional groups attached to an aromatic ring is 1. The number of carbonyl (C=O) groups is 1. The van der Waals surface area contributed by atoms with E-state index in [-0.39, 0.29) is 0 Å². The van der Waals surface area contributed by atoms with E-state index in [1.165, 1.54) is 6.20 Å². The molecule has 6 heteroatoms. The number of nitrogens with one attached hydrogen (secondary N) is 1. The fourth-order valence-corrected chi connectivity index (χ4v) is 1.87. The van der Waals surface area contributed by atoms with Gasteiger partial charge in [0.1, 0.15) is 11.4 Å². The fourth-order valence-electron chi connectivity index (χ4n) is 1.87. The molecule has 0 aliphatic carbocycles. The number of hydrogen-bond donors (Lipinski definition) is 2. The van der Waals surface area contributed by atoms with Crippen LogP contribution in [-0.4, -0.2) is 22.5 Å². The van der Waals surface area contributed by atoms with E-state index in [1.54, 1.807) is 25.4 Å². The van der Waals surface area contributed by atoms with E-state index in [4.69, 9.17) is 10.5 Å². The molecular weight excluding hydrogens is 268 g/mol. The van der Waals surface area contributed by atoms with Crippen molar-refractivity contribution in [2.75, 3.05) is 17.7 Å². The normalized spacial score (nSPS) is 10.2. The summed E-state index contributed by atoms with van der Waals surface area (Å²) >= 11 is 0. The summed E-state index contributed by atoms with van der Waals surface area (Å²) in [7, 11) is 0. The van der Waals surface area contributed by atoms with Gasteiger partial charge < -0.3 is 15.8 Å². The summed E-state index contributed by atoms with van der Waals surface area (Å²) in [6.45, 7) is 4.58. The van der Waals surface area contributed by atoms with Crippen molar-refractivity contribution < 1.29 is 9.53 Å². The molecule has 0 saturated heterocycles. The number of esters is 1. The maximum Gasteiger partial charge on any atom is 0.341 e. The molecule has 21 heavy (non-hydrogen) atoms. The smallest absolute Gasteiger partial charge is 0.341 e. The van der Waals surface area contributed by atoms with Crippen molar-refractivity contribution in [3.05, 3.63) is 47.4 Å². The summed E-state index contributed by atoms with van der Waals surface area (Å²) in [6, 6.07) is 3.48. The molecule has 2 heterocycles. The third kappa shape index (κ3) is 3.68. The molecule has 0 spiro atoms. The SMILES string of the molecule is CCOC(=O)c1cc(N)cnc1NCc1ccncc1C. The van der Waals surface area contributed by atoms with Crippen LogP contribution in [0.4, 0.5) is 11.5 Å². The number of pyridine rings is 2. The number of nitrogens with two attached hydrogens (primary N) is 1. The van der Waals surface area contributed by atoms with Gasteiger partial charge in [-0.15, -0.1) is 0 Å². The molecule has 0 amide bonds. The zero-order valence-corrected chi connectivity index (χ0v) is 12.1. The second kappa shape index (κ2) is 6.69. The minimum atomic E-state index is -0.439. The molecule has 0 bridgehead atoms. The van der Waals surface area contributed by atoms with Gasteiger partial charge in [-0.2, -0.15) is 0 Å². The number of aryl methyl sites for hydroxylation is 1. The summed E-state index contributed by atoms with van der Waals surface area (Å²) in [5.41, 5.74) is 8.59. The van der Waals surface area contributed by atoms with Gasteiger partial charge in [0, 0.05) is 18.9 Å². The molecule has 0 unspecified atom stereocenters. The van der Waals surface area contributed by atoms with Crippen molar-refractivity contribution in [1.29, 1.82) is 0 Å². The van der Waals surface area contributed by atoms with E-state index in [9.17, 15) is 4.79 Å². The molecule has 6 nitrogen and oxygen atoms in total. The van der Waals surface area contributed by atoms with Gasteiger partial charge in [-0.3, -0.25) is 4.98 Å². The standard InChI is InChI=1S/C15H18N4O2/c1-3-21-15(20)13-6-12(16)9-19-14(13)18-8-11-4-5-17-7-10(11)2/h4-7,9H,3,8,16H2,1-2H3,(H,18,19). The largest absolute Gasteiger partial charge is 0.462 e. The van der Waals surface area contributed by atoms with Gasteiger partial charge >= 0.3 is 5.97 Å².